The number of carbonyl (C=O) groups excluding carboxylic acids is 2. The molecule has 8 heteroatoms. The van der Waals surface area contributed by atoms with Gasteiger partial charge in [-0.05, 0) is 36.1 Å². The van der Waals surface area contributed by atoms with Gasteiger partial charge in [-0.15, -0.1) is 0 Å². The molecule has 0 aromatic heterocycles. The number of aromatic hydroxyl groups is 1. The number of amides is 1. The van der Waals surface area contributed by atoms with Crippen LogP contribution in [-0.2, 0) is 33.3 Å². The van der Waals surface area contributed by atoms with Crippen molar-refractivity contribution in [3.8, 4) is 5.75 Å². The minimum absolute atomic E-state index is 0.0301. The van der Waals surface area contributed by atoms with Crippen LogP contribution in [0.4, 0.5) is 13.2 Å². The maximum absolute atomic E-state index is 13.1. The summed E-state index contributed by atoms with van der Waals surface area (Å²) in [6, 6.07) is 12.3. The van der Waals surface area contributed by atoms with E-state index >= 15 is 0 Å². The van der Waals surface area contributed by atoms with E-state index in [0.29, 0.717) is 12.7 Å². The number of carbonyl (C=O) groups is 2. The molecule has 1 saturated heterocycles. The zero-order valence-electron chi connectivity index (χ0n) is 16.3. The maximum Gasteiger partial charge on any atom is 0.419 e. The second-order valence-electron chi connectivity index (χ2n) is 7.40. The third kappa shape index (κ3) is 4.81. The number of nitrogens with zero attached hydrogens (tertiary/aromatic N) is 1. The summed E-state index contributed by atoms with van der Waals surface area (Å²) in [5.74, 6) is -1.91. The first kappa shape index (κ1) is 21.8. The van der Waals surface area contributed by atoms with Gasteiger partial charge in [-0.3, -0.25) is 9.59 Å². The van der Waals surface area contributed by atoms with Crippen molar-refractivity contribution < 1.29 is 32.6 Å². The Balaban J connectivity index is 1.77. The van der Waals surface area contributed by atoms with E-state index < -0.39 is 29.6 Å². The second kappa shape index (κ2) is 8.87. The lowest BCUT2D eigenvalue weighted by molar-refractivity contribution is -0.145. The molecule has 3 rings (SSSR count). The Morgan fingerprint density at radius 2 is 1.93 bits per heavy atom. The van der Waals surface area contributed by atoms with Crippen LogP contribution in [0.5, 0.6) is 5.75 Å². The summed E-state index contributed by atoms with van der Waals surface area (Å²) < 4.78 is 44.6. The predicted octanol–water partition coefficient (Wildman–Crippen LogP) is 3.58. The fraction of sp³-hybridized carbons (Fsp3) is 0.364. The van der Waals surface area contributed by atoms with E-state index in [0.717, 1.165) is 17.7 Å². The van der Waals surface area contributed by atoms with E-state index in [2.05, 4.69) is 0 Å². The van der Waals surface area contributed by atoms with Gasteiger partial charge in [-0.25, -0.2) is 0 Å². The molecule has 1 unspecified atom stereocenters. The maximum atomic E-state index is 13.1. The molecule has 1 aliphatic heterocycles. The molecule has 0 aliphatic carbocycles. The molecule has 0 spiro atoms. The van der Waals surface area contributed by atoms with Crippen LogP contribution in [0.3, 0.4) is 0 Å². The standard InChI is InChI=1S/C22H22F3NO4/c1-14(9-16-7-8-19(28)18(11-16)22(23,24)25)21(29)26-17(13-30-20(26)12-27)10-15-5-3-2-4-6-15/h2-8,11-12,14,17,20,28H,9-10,13H2,1H3/t14-,17+,20?/m0/s1. The Bertz CT molecular complexity index is 901. The first-order valence-electron chi connectivity index (χ1n) is 9.52. The minimum Gasteiger partial charge on any atom is -0.507 e. The molecular formula is C22H22F3NO4. The summed E-state index contributed by atoms with van der Waals surface area (Å²) in [6.45, 7) is 1.80. The Morgan fingerprint density at radius 3 is 2.57 bits per heavy atom. The number of phenolic OH excluding ortho intramolecular Hbond substituents is 1. The van der Waals surface area contributed by atoms with Crippen molar-refractivity contribution in [2.24, 2.45) is 5.92 Å². The molecule has 2 aromatic carbocycles. The van der Waals surface area contributed by atoms with E-state index in [1.54, 1.807) is 6.92 Å². The highest BCUT2D eigenvalue weighted by Gasteiger charge is 2.39. The SMILES string of the molecule is C[C@@H](Cc1ccc(O)c(C(F)(F)F)c1)C(=O)N1C(C=O)OC[C@H]1Cc1ccccc1. The molecule has 3 atom stereocenters. The van der Waals surface area contributed by atoms with Gasteiger partial charge in [0.05, 0.1) is 18.2 Å². The quantitative estimate of drug-likeness (QED) is 0.724. The Hall–Kier alpha value is -2.87. The molecule has 30 heavy (non-hydrogen) atoms. The van der Waals surface area contributed by atoms with Gasteiger partial charge in [0.1, 0.15) is 5.75 Å². The monoisotopic (exact) mass is 421 g/mol. The van der Waals surface area contributed by atoms with E-state index in [4.69, 9.17) is 4.74 Å². The summed E-state index contributed by atoms with van der Waals surface area (Å²) >= 11 is 0. The van der Waals surface area contributed by atoms with Gasteiger partial charge in [0, 0.05) is 5.92 Å². The van der Waals surface area contributed by atoms with Crippen LogP contribution in [0.25, 0.3) is 0 Å². The highest BCUT2D eigenvalue weighted by molar-refractivity contribution is 5.82. The largest absolute Gasteiger partial charge is 0.507 e. The van der Waals surface area contributed by atoms with Crippen molar-refractivity contribution in [2.75, 3.05) is 6.61 Å². The van der Waals surface area contributed by atoms with Crippen molar-refractivity contribution in [1.29, 1.82) is 0 Å². The minimum atomic E-state index is -4.69. The average molecular weight is 421 g/mol. The molecule has 0 saturated carbocycles. The number of aldehydes is 1. The molecule has 1 aliphatic rings. The van der Waals surface area contributed by atoms with Crippen molar-refractivity contribution >= 4 is 12.2 Å². The van der Waals surface area contributed by atoms with Gasteiger partial charge in [0.25, 0.3) is 0 Å². The topological polar surface area (TPSA) is 66.8 Å². The highest BCUT2D eigenvalue weighted by atomic mass is 19.4. The van der Waals surface area contributed by atoms with E-state index in [-0.39, 0.29) is 30.5 Å². The van der Waals surface area contributed by atoms with Crippen LogP contribution >= 0.6 is 0 Å². The number of ether oxygens (including phenoxy) is 1. The molecule has 0 radical (unpaired) electrons. The Morgan fingerprint density at radius 1 is 1.23 bits per heavy atom. The number of hydrogen-bond donors (Lipinski definition) is 1. The third-order valence-corrected chi connectivity index (χ3v) is 5.14. The molecule has 1 fully saturated rings. The fourth-order valence-electron chi connectivity index (χ4n) is 3.66. The van der Waals surface area contributed by atoms with Crippen LogP contribution in [0.15, 0.2) is 48.5 Å². The number of rotatable bonds is 6. The van der Waals surface area contributed by atoms with Gasteiger partial charge in [0.15, 0.2) is 12.5 Å². The third-order valence-electron chi connectivity index (χ3n) is 5.14. The zero-order chi connectivity index (χ0) is 21.9. The van der Waals surface area contributed by atoms with Gasteiger partial charge in [-0.2, -0.15) is 13.2 Å². The number of phenols is 1. The highest BCUT2D eigenvalue weighted by Crippen LogP contribution is 2.36. The summed E-state index contributed by atoms with van der Waals surface area (Å²) in [6.07, 6.45) is -4.62. The van der Waals surface area contributed by atoms with Crippen molar-refractivity contribution in [3.05, 3.63) is 65.2 Å². The number of alkyl halides is 3. The van der Waals surface area contributed by atoms with Gasteiger partial charge >= 0.3 is 6.18 Å². The lowest BCUT2D eigenvalue weighted by atomic mass is 9.96. The smallest absolute Gasteiger partial charge is 0.419 e. The fourth-order valence-corrected chi connectivity index (χ4v) is 3.66. The second-order valence-corrected chi connectivity index (χ2v) is 7.40. The first-order chi connectivity index (χ1) is 14.2. The van der Waals surface area contributed by atoms with E-state index in [1.807, 2.05) is 30.3 Å². The lowest BCUT2D eigenvalue weighted by Crippen LogP contribution is -2.46. The molecule has 1 amide bonds. The van der Waals surface area contributed by atoms with Crippen molar-refractivity contribution in [1.82, 2.24) is 4.90 Å². The summed E-state index contributed by atoms with van der Waals surface area (Å²) in [7, 11) is 0. The van der Waals surface area contributed by atoms with Gasteiger partial charge < -0.3 is 14.7 Å². The average Bonchev–Trinajstić information content (AvgIpc) is 3.11. The number of hydrogen-bond acceptors (Lipinski definition) is 4. The van der Waals surface area contributed by atoms with Crippen molar-refractivity contribution in [3.63, 3.8) is 0 Å². The summed E-state index contributed by atoms with van der Waals surface area (Å²) in [5, 5.41) is 9.48. The van der Waals surface area contributed by atoms with Crippen LogP contribution in [0.1, 0.15) is 23.6 Å². The Labute approximate surface area is 172 Å². The van der Waals surface area contributed by atoms with Crippen LogP contribution in [0.2, 0.25) is 0 Å². The molecule has 5 nitrogen and oxygen atoms in total. The Kier molecular flexibility index (Phi) is 6.45. The molecule has 2 aromatic rings. The number of benzene rings is 2. The normalized spacial score (nSPS) is 20.2. The predicted molar refractivity (Wildman–Crippen MR) is 103 cm³/mol. The zero-order valence-corrected chi connectivity index (χ0v) is 16.3. The van der Waals surface area contributed by atoms with Gasteiger partial charge in [-0.1, -0.05) is 43.3 Å². The van der Waals surface area contributed by atoms with E-state index in [9.17, 15) is 27.9 Å². The molecule has 1 N–H and O–H groups in total. The van der Waals surface area contributed by atoms with Crippen molar-refractivity contribution in [2.45, 2.75) is 38.2 Å². The molecule has 0 bridgehead atoms. The molecule has 160 valence electrons. The van der Waals surface area contributed by atoms with Crippen LogP contribution in [0, 0.1) is 5.92 Å². The molecular weight excluding hydrogens is 399 g/mol. The number of halogens is 3. The lowest BCUT2D eigenvalue weighted by Gasteiger charge is -2.28. The van der Waals surface area contributed by atoms with Gasteiger partial charge in [0.2, 0.25) is 5.91 Å². The summed E-state index contributed by atoms with van der Waals surface area (Å²) in [4.78, 5) is 25.9. The van der Waals surface area contributed by atoms with Crippen LogP contribution in [-0.4, -0.2) is 41.1 Å². The van der Waals surface area contributed by atoms with E-state index in [1.165, 1.54) is 11.0 Å². The first-order valence-corrected chi connectivity index (χ1v) is 9.52. The molecule has 1 heterocycles. The summed E-state index contributed by atoms with van der Waals surface area (Å²) in [5.41, 5.74) is 0.108. The van der Waals surface area contributed by atoms with Crippen LogP contribution < -0.4 is 0 Å².